The van der Waals surface area contributed by atoms with Crippen molar-refractivity contribution < 1.29 is 9.13 Å². The van der Waals surface area contributed by atoms with Gasteiger partial charge in [-0.15, -0.1) is 0 Å². The van der Waals surface area contributed by atoms with Gasteiger partial charge in [0.25, 0.3) is 0 Å². The van der Waals surface area contributed by atoms with Crippen LogP contribution in [0.25, 0.3) is 0 Å². The van der Waals surface area contributed by atoms with E-state index in [1.807, 2.05) is 11.9 Å². The molecule has 0 aliphatic rings. The summed E-state index contributed by atoms with van der Waals surface area (Å²) in [4.78, 5) is 1.92. The van der Waals surface area contributed by atoms with Crippen LogP contribution >= 0.6 is 0 Å². The molecule has 1 rings (SSSR count). The summed E-state index contributed by atoms with van der Waals surface area (Å²) in [6.07, 6.45) is 0.494. The Bertz CT molecular complexity index is 395. The molecular formula is C12H18FN3O. The van der Waals surface area contributed by atoms with E-state index in [9.17, 15) is 4.39 Å². The number of rotatable bonds is 6. The van der Waals surface area contributed by atoms with E-state index in [-0.39, 0.29) is 11.7 Å². The highest BCUT2D eigenvalue weighted by atomic mass is 19.1. The first-order chi connectivity index (χ1) is 8.02. The molecule has 0 saturated carbocycles. The molecule has 94 valence electrons. The number of halogens is 1. The summed E-state index contributed by atoms with van der Waals surface area (Å²) in [6.45, 7) is 1.13. The van der Waals surface area contributed by atoms with Gasteiger partial charge in [-0.05, 0) is 13.1 Å². The molecule has 0 amide bonds. The number of ether oxygens (including phenoxy) is 1. The lowest BCUT2D eigenvalue weighted by Crippen LogP contribution is -2.24. The van der Waals surface area contributed by atoms with Crippen molar-refractivity contribution in [3.63, 3.8) is 0 Å². The minimum atomic E-state index is -0.279. The molecule has 0 fully saturated rings. The first kappa shape index (κ1) is 13.4. The predicted octanol–water partition coefficient (Wildman–Crippen LogP) is 1.59. The highest BCUT2D eigenvalue weighted by Gasteiger charge is 2.07. The fourth-order valence-corrected chi connectivity index (χ4v) is 1.46. The summed E-state index contributed by atoms with van der Waals surface area (Å²) < 4.78 is 18.6. The second kappa shape index (κ2) is 6.20. The van der Waals surface area contributed by atoms with Crippen molar-refractivity contribution in [2.75, 3.05) is 20.7 Å². The van der Waals surface area contributed by atoms with Crippen LogP contribution in [0.2, 0.25) is 0 Å². The quantitative estimate of drug-likeness (QED) is 0.585. The summed E-state index contributed by atoms with van der Waals surface area (Å²) in [6, 6.07) is 4.81. The Balaban J connectivity index is 2.59. The van der Waals surface area contributed by atoms with Crippen LogP contribution in [0.4, 0.5) is 4.39 Å². The molecule has 0 atom stereocenters. The van der Waals surface area contributed by atoms with Crippen molar-refractivity contribution >= 4 is 5.84 Å². The van der Waals surface area contributed by atoms with E-state index in [2.05, 4.69) is 0 Å². The van der Waals surface area contributed by atoms with E-state index in [1.165, 1.54) is 13.2 Å². The van der Waals surface area contributed by atoms with Crippen molar-refractivity contribution in [3.05, 3.63) is 29.6 Å². The summed E-state index contributed by atoms with van der Waals surface area (Å²) in [5.41, 5.74) is 5.88. The van der Waals surface area contributed by atoms with Gasteiger partial charge < -0.3 is 15.4 Å². The maximum absolute atomic E-state index is 13.6. The number of benzene rings is 1. The van der Waals surface area contributed by atoms with Crippen LogP contribution in [-0.2, 0) is 6.54 Å². The van der Waals surface area contributed by atoms with Gasteiger partial charge in [-0.25, -0.2) is 4.39 Å². The van der Waals surface area contributed by atoms with Crippen molar-refractivity contribution in [2.45, 2.75) is 13.0 Å². The standard InChI is InChI=1S/C12H18FN3O/c1-16(6-5-12(14)15)8-9-3-4-10(17-2)7-11(9)13/h3-4,7H,5-6,8H2,1-2H3,(H3,14,15). The Morgan fingerprint density at radius 1 is 1.53 bits per heavy atom. The second-order valence-electron chi connectivity index (χ2n) is 3.97. The molecule has 0 aliphatic heterocycles. The van der Waals surface area contributed by atoms with E-state index in [0.29, 0.717) is 30.8 Å². The van der Waals surface area contributed by atoms with Crippen molar-refractivity contribution in [2.24, 2.45) is 5.73 Å². The Labute approximate surface area is 101 Å². The monoisotopic (exact) mass is 239 g/mol. The van der Waals surface area contributed by atoms with Gasteiger partial charge in [0.2, 0.25) is 0 Å². The lowest BCUT2D eigenvalue weighted by molar-refractivity contribution is 0.329. The van der Waals surface area contributed by atoms with Crippen LogP contribution in [0.15, 0.2) is 18.2 Å². The molecule has 0 saturated heterocycles. The summed E-state index contributed by atoms with van der Waals surface area (Å²) in [7, 11) is 3.38. The van der Waals surface area contributed by atoms with E-state index >= 15 is 0 Å². The van der Waals surface area contributed by atoms with Crippen molar-refractivity contribution in [3.8, 4) is 5.75 Å². The largest absolute Gasteiger partial charge is 0.497 e. The number of hydrogen-bond donors (Lipinski definition) is 2. The molecule has 5 heteroatoms. The summed E-state index contributed by atoms with van der Waals surface area (Å²) >= 11 is 0. The van der Waals surface area contributed by atoms with Gasteiger partial charge in [0.15, 0.2) is 0 Å². The Hall–Kier alpha value is -1.62. The highest BCUT2D eigenvalue weighted by Crippen LogP contribution is 2.17. The zero-order valence-electron chi connectivity index (χ0n) is 10.2. The number of nitrogens with one attached hydrogen (secondary N) is 1. The molecule has 0 aliphatic carbocycles. The van der Waals surface area contributed by atoms with E-state index in [4.69, 9.17) is 15.9 Å². The lowest BCUT2D eigenvalue weighted by atomic mass is 10.2. The number of nitrogens with two attached hydrogens (primary N) is 1. The SMILES string of the molecule is COc1ccc(CN(C)CCC(=N)N)c(F)c1. The van der Waals surface area contributed by atoms with Crippen LogP contribution in [0.3, 0.4) is 0 Å². The van der Waals surface area contributed by atoms with Gasteiger partial charge in [0.05, 0.1) is 12.9 Å². The minimum Gasteiger partial charge on any atom is -0.497 e. The fraction of sp³-hybridized carbons (Fsp3) is 0.417. The number of hydrogen-bond acceptors (Lipinski definition) is 3. The molecule has 1 aromatic carbocycles. The van der Waals surface area contributed by atoms with Gasteiger partial charge in [-0.2, -0.15) is 0 Å². The Morgan fingerprint density at radius 2 is 2.24 bits per heavy atom. The van der Waals surface area contributed by atoms with E-state index in [1.54, 1.807) is 12.1 Å². The molecule has 0 spiro atoms. The molecule has 0 heterocycles. The number of amidine groups is 1. The molecular weight excluding hydrogens is 221 g/mol. The second-order valence-corrected chi connectivity index (χ2v) is 3.97. The first-order valence-corrected chi connectivity index (χ1v) is 5.36. The third kappa shape index (κ3) is 4.40. The van der Waals surface area contributed by atoms with Gasteiger partial charge in [-0.1, -0.05) is 6.07 Å². The molecule has 0 unspecified atom stereocenters. The Morgan fingerprint density at radius 3 is 2.76 bits per heavy atom. The van der Waals surface area contributed by atoms with Gasteiger partial charge in [0.1, 0.15) is 11.6 Å². The summed E-state index contributed by atoms with van der Waals surface area (Å²) in [5.74, 6) is 0.378. The van der Waals surface area contributed by atoms with Gasteiger partial charge in [0, 0.05) is 31.1 Å². The number of nitrogens with zero attached hydrogens (tertiary/aromatic N) is 1. The normalized spacial score (nSPS) is 10.6. The van der Waals surface area contributed by atoms with Gasteiger partial charge >= 0.3 is 0 Å². The van der Waals surface area contributed by atoms with E-state index in [0.717, 1.165) is 0 Å². The smallest absolute Gasteiger partial charge is 0.131 e. The topological polar surface area (TPSA) is 62.3 Å². The maximum Gasteiger partial charge on any atom is 0.131 e. The van der Waals surface area contributed by atoms with Crippen molar-refractivity contribution in [1.29, 1.82) is 5.41 Å². The molecule has 17 heavy (non-hydrogen) atoms. The van der Waals surface area contributed by atoms with Crippen LogP contribution < -0.4 is 10.5 Å². The Kier molecular flexibility index (Phi) is 4.90. The van der Waals surface area contributed by atoms with Gasteiger partial charge in [-0.3, -0.25) is 5.41 Å². The predicted molar refractivity (Wildman–Crippen MR) is 65.8 cm³/mol. The molecule has 0 aromatic heterocycles. The molecule has 0 bridgehead atoms. The van der Waals surface area contributed by atoms with Crippen LogP contribution in [0.5, 0.6) is 5.75 Å². The van der Waals surface area contributed by atoms with Crippen LogP contribution in [-0.4, -0.2) is 31.4 Å². The zero-order valence-corrected chi connectivity index (χ0v) is 10.2. The molecule has 3 N–H and O–H groups in total. The van der Waals surface area contributed by atoms with E-state index < -0.39 is 0 Å². The minimum absolute atomic E-state index is 0.145. The first-order valence-electron chi connectivity index (χ1n) is 5.36. The summed E-state index contributed by atoms with van der Waals surface area (Å²) in [5, 5.41) is 7.12. The molecule has 4 nitrogen and oxygen atoms in total. The zero-order chi connectivity index (χ0) is 12.8. The average molecular weight is 239 g/mol. The van der Waals surface area contributed by atoms with Crippen LogP contribution in [0, 0.1) is 11.2 Å². The third-order valence-corrected chi connectivity index (χ3v) is 2.46. The molecule has 0 radical (unpaired) electrons. The fourth-order valence-electron chi connectivity index (χ4n) is 1.46. The lowest BCUT2D eigenvalue weighted by Gasteiger charge is -2.16. The number of methoxy groups -OCH3 is 1. The van der Waals surface area contributed by atoms with Crippen molar-refractivity contribution in [1.82, 2.24) is 4.90 Å². The molecule has 1 aromatic rings. The van der Waals surface area contributed by atoms with Crippen LogP contribution in [0.1, 0.15) is 12.0 Å². The average Bonchev–Trinajstić information content (AvgIpc) is 2.29. The third-order valence-electron chi connectivity index (χ3n) is 2.46. The maximum atomic E-state index is 13.6. The highest BCUT2D eigenvalue weighted by molar-refractivity contribution is 5.76.